The zero-order valence-electron chi connectivity index (χ0n) is 22.7. The van der Waals surface area contributed by atoms with Crippen molar-refractivity contribution < 1.29 is 38.8 Å². The third-order valence-electron chi connectivity index (χ3n) is 8.33. The first-order chi connectivity index (χ1) is 18.3. The fourth-order valence-electron chi connectivity index (χ4n) is 6.30. The maximum atomic E-state index is 15.4. The van der Waals surface area contributed by atoms with E-state index in [1.807, 2.05) is 6.92 Å². The van der Waals surface area contributed by atoms with Gasteiger partial charge in [-0.25, -0.2) is 4.39 Å². The molecule has 0 spiro atoms. The highest BCUT2D eigenvalue weighted by Crippen LogP contribution is 2.55. The summed E-state index contributed by atoms with van der Waals surface area (Å²) in [6.07, 6.45) is -0.0844. The number of carbonyl (C=O) groups is 3. The number of carbonyl (C=O) groups excluding carboxylic acids is 3. The molecule has 6 N–H and O–H groups in total. The normalized spacial score (nSPS) is 26.5. The van der Waals surface area contributed by atoms with Gasteiger partial charge in [0.1, 0.15) is 22.9 Å². The van der Waals surface area contributed by atoms with Crippen molar-refractivity contribution in [3.63, 3.8) is 0 Å². The van der Waals surface area contributed by atoms with Gasteiger partial charge in [0.05, 0.1) is 29.4 Å². The van der Waals surface area contributed by atoms with Crippen LogP contribution in [0.4, 0.5) is 10.1 Å². The second-order valence-electron chi connectivity index (χ2n) is 10.7. The topological polar surface area (TPSA) is 166 Å². The Morgan fingerprint density at radius 2 is 1.92 bits per heavy atom. The molecule has 11 nitrogen and oxygen atoms in total. The molecule has 212 valence electrons. The molecule has 4 rings (SSSR count). The van der Waals surface area contributed by atoms with Gasteiger partial charge in [-0.05, 0) is 46.4 Å². The van der Waals surface area contributed by atoms with Crippen LogP contribution in [0.15, 0.2) is 28.7 Å². The van der Waals surface area contributed by atoms with Gasteiger partial charge in [-0.1, -0.05) is 6.92 Å². The van der Waals surface area contributed by atoms with Crippen molar-refractivity contribution in [3.8, 4) is 5.75 Å². The number of fused-ring (bicyclic) bond motifs is 3. The maximum Gasteiger partial charge on any atom is 0.248 e. The first kappa shape index (κ1) is 28.5. The molecule has 12 heteroatoms. The second kappa shape index (κ2) is 10.2. The molecule has 2 amide bonds. The van der Waals surface area contributed by atoms with Crippen molar-refractivity contribution >= 4 is 23.3 Å². The molecule has 0 bridgehead atoms. The van der Waals surface area contributed by atoms with Crippen molar-refractivity contribution in [2.75, 3.05) is 46.7 Å². The third kappa shape index (κ3) is 4.46. The van der Waals surface area contributed by atoms with Gasteiger partial charge in [0, 0.05) is 36.7 Å². The molecule has 3 aliphatic rings. The van der Waals surface area contributed by atoms with E-state index in [1.54, 1.807) is 30.9 Å². The van der Waals surface area contributed by atoms with Gasteiger partial charge in [-0.15, -0.1) is 0 Å². The van der Waals surface area contributed by atoms with Crippen molar-refractivity contribution in [1.82, 2.24) is 9.80 Å². The molecule has 1 aromatic carbocycles. The number of nitrogens with one attached hydrogen (secondary N) is 1. The molecule has 0 saturated carbocycles. The summed E-state index contributed by atoms with van der Waals surface area (Å²) in [6, 6.07) is 0.206. The molecule has 0 radical (unpaired) electrons. The minimum Gasteiger partial charge on any atom is -0.510 e. The average molecular weight is 547 g/mol. The van der Waals surface area contributed by atoms with Gasteiger partial charge in [0.2, 0.25) is 11.8 Å². The predicted octanol–water partition coefficient (Wildman–Crippen LogP) is 1.63. The number of phenolic OH excluding ortho intramolecular Hbond substituents is 1. The van der Waals surface area contributed by atoms with Crippen molar-refractivity contribution in [2.45, 2.75) is 37.8 Å². The van der Waals surface area contributed by atoms with Crippen LogP contribution in [-0.2, 0) is 20.7 Å². The molecular weight excluding hydrogens is 511 g/mol. The first-order valence-corrected chi connectivity index (χ1v) is 12.7. The Balaban J connectivity index is 1.84. The molecular formula is C27H35FN4O7. The number of amides is 2. The Hall–Kier alpha value is -3.48. The summed E-state index contributed by atoms with van der Waals surface area (Å²) in [5.74, 6) is -5.51. The average Bonchev–Trinajstić information content (AvgIpc) is 2.86. The summed E-state index contributed by atoms with van der Waals surface area (Å²) >= 11 is 0. The summed E-state index contributed by atoms with van der Waals surface area (Å²) in [5, 5.41) is 36.1. The highest BCUT2D eigenvalue weighted by atomic mass is 19.1. The number of nitrogens with two attached hydrogens (primary N) is 1. The molecule has 0 saturated heterocycles. The molecule has 0 aromatic heterocycles. The number of phenols is 1. The van der Waals surface area contributed by atoms with E-state index in [4.69, 9.17) is 10.5 Å². The van der Waals surface area contributed by atoms with Crippen LogP contribution in [0.1, 0.15) is 35.7 Å². The Bertz CT molecular complexity index is 1310. The monoisotopic (exact) mass is 546 g/mol. The van der Waals surface area contributed by atoms with Crippen LogP contribution in [0, 0.1) is 17.7 Å². The Morgan fingerprint density at radius 1 is 1.26 bits per heavy atom. The maximum absolute atomic E-state index is 15.4. The SMILES string of the molecule is CCN(C)CC(=O)Nc1cc(F)c2c(c1O)C(=O)C1=C(O)[C@]3(OC)CC(C(N)=O)=C(O)[C@@H](N(C)C)[C@@H]3C[C@@H]1C2. The number of hydrogen-bond acceptors (Lipinski definition) is 9. The number of aromatic hydroxyl groups is 1. The number of benzene rings is 1. The summed E-state index contributed by atoms with van der Waals surface area (Å²) in [7, 11) is 6.43. The summed E-state index contributed by atoms with van der Waals surface area (Å²) in [6.45, 7) is 2.44. The molecule has 0 unspecified atom stereocenters. The van der Waals surface area contributed by atoms with Crippen LogP contribution in [0.3, 0.4) is 0 Å². The zero-order chi connectivity index (χ0) is 29.0. The number of aliphatic hydroxyl groups is 2. The number of aliphatic hydroxyl groups excluding tert-OH is 2. The minimum atomic E-state index is -1.57. The van der Waals surface area contributed by atoms with Gasteiger partial charge in [-0.2, -0.15) is 0 Å². The lowest BCUT2D eigenvalue weighted by molar-refractivity contribution is -0.122. The van der Waals surface area contributed by atoms with Crippen LogP contribution in [0.25, 0.3) is 0 Å². The Morgan fingerprint density at radius 3 is 2.49 bits per heavy atom. The number of halogens is 1. The lowest BCUT2D eigenvalue weighted by Gasteiger charge is -2.53. The van der Waals surface area contributed by atoms with Crippen LogP contribution in [0.5, 0.6) is 5.75 Å². The Kier molecular flexibility index (Phi) is 7.50. The van der Waals surface area contributed by atoms with E-state index in [0.29, 0.717) is 6.54 Å². The number of likely N-dealkylation sites (N-methyl/N-ethyl adjacent to an activating group) is 2. The molecule has 3 aliphatic carbocycles. The van der Waals surface area contributed by atoms with E-state index in [-0.39, 0.29) is 59.5 Å². The second-order valence-corrected chi connectivity index (χ2v) is 10.7. The molecule has 0 aliphatic heterocycles. The summed E-state index contributed by atoms with van der Waals surface area (Å²) in [5.41, 5.74) is 3.16. The van der Waals surface area contributed by atoms with E-state index < -0.39 is 58.4 Å². The van der Waals surface area contributed by atoms with E-state index in [0.717, 1.165) is 6.07 Å². The fraction of sp³-hybridized carbons (Fsp3) is 0.519. The number of anilines is 1. The standard InChI is InChI=1S/C27H35FN4O7/c1-6-32(4)11-18(33)30-17-9-16(28)13-7-12-8-15-21(31(2)3)22(34)14(26(29)38)10-27(15,39-5)25(37)19(12)24(36)20(13)23(17)35/h9,12,15,21,34-35,37H,6-8,10-11H2,1-5H3,(H2,29,38)(H,30,33)/t12-,15-,21-,27-/m0/s1. The van der Waals surface area contributed by atoms with Crippen molar-refractivity contribution in [1.29, 1.82) is 0 Å². The molecule has 4 atom stereocenters. The van der Waals surface area contributed by atoms with Gasteiger partial charge in [-0.3, -0.25) is 24.2 Å². The predicted molar refractivity (Wildman–Crippen MR) is 140 cm³/mol. The number of hydrogen-bond donors (Lipinski definition) is 5. The highest BCUT2D eigenvalue weighted by Gasteiger charge is 2.59. The lowest BCUT2D eigenvalue weighted by Crippen LogP contribution is -2.60. The quantitative estimate of drug-likeness (QED) is 0.320. The van der Waals surface area contributed by atoms with E-state index in [1.165, 1.54) is 7.11 Å². The number of primary amides is 1. The minimum absolute atomic E-state index is 0.00997. The van der Waals surface area contributed by atoms with Gasteiger partial charge < -0.3 is 31.1 Å². The molecule has 0 heterocycles. The van der Waals surface area contributed by atoms with E-state index >= 15 is 4.39 Å². The smallest absolute Gasteiger partial charge is 0.248 e. The van der Waals surface area contributed by atoms with Crippen molar-refractivity contribution in [3.05, 3.63) is 45.7 Å². The highest BCUT2D eigenvalue weighted by molar-refractivity contribution is 6.15. The number of ether oxygens (including phenoxy) is 1. The largest absolute Gasteiger partial charge is 0.510 e. The zero-order valence-corrected chi connectivity index (χ0v) is 22.7. The van der Waals surface area contributed by atoms with E-state index in [9.17, 15) is 29.7 Å². The Labute approximate surface area is 225 Å². The van der Waals surface area contributed by atoms with Gasteiger partial charge in [0.25, 0.3) is 0 Å². The van der Waals surface area contributed by atoms with Crippen molar-refractivity contribution in [2.24, 2.45) is 17.6 Å². The molecule has 39 heavy (non-hydrogen) atoms. The van der Waals surface area contributed by atoms with Gasteiger partial charge >= 0.3 is 0 Å². The number of methoxy groups -OCH3 is 1. The third-order valence-corrected chi connectivity index (χ3v) is 8.33. The van der Waals surface area contributed by atoms with E-state index in [2.05, 4.69) is 5.32 Å². The number of rotatable bonds is 7. The van der Waals surface area contributed by atoms with Crippen LogP contribution in [0.2, 0.25) is 0 Å². The molecule has 0 fully saturated rings. The molecule has 1 aromatic rings. The lowest BCUT2D eigenvalue weighted by atomic mass is 9.59. The number of allylic oxidation sites excluding steroid dienone is 1. The van der Waals surface area contributed by atoms with Crippen LogP contribution < -0.4 is 11.1 Å². The number of Topliss-reactive ketones (excluding diaryl/α,β-unsaturated/α-hetero) is 1. The fourth-order valence-corrected chi connectivity index (χ4v) is 6.30. The number of nitrogens with zero attached hydrogens (tertiary/aromatic N) is 2. The first-order valence-electron chi connectivity index (χ1n) is 12.7. The van der Waals surface area contributed by atoms with Crippen LogP contribution >= 0.6 is 0 Å². The summed E-state index contributed by atoms with van der Waals surface area (Å²) < 4.78 is 21.2. The number of ketones is 1. The van der Waals surface area contributed by atoms with Gasteiger partial charge in [0.15, 0.2) is 11.5 Å². The van der Waals surface area contributed by atoms with Crippen LogP contribution in [-0.4, -0.2) is 95.7 Å². The summed E-state index contributed by atoms with van der Waals surface area (Å²) in [4.78, 5) is 41.9.